The summed E-state index contributed by atoms with van der Waals surface area (Å²) in [6, 6.07) is 0.197. The number of carbonyl (C=O) groups is 1. The second kappa shape index (κ2) is 7.50. The van der Waals surface area contributed by atoms with Crippen molar-refractivity contribution in [3.05, 3.63) is 45.2 Å². The highest BCUT2D eigenvalue weighted by atomic mass is 16.2. The number of carbonyl (C=O) groups excluding carboxylic acids is 1. The van der Waals surface area contributed by atoms with Crippen molar-refractivity contribution < 1.29 is 4.79 Å². The van der Waals surface area contributed by atoms with E-state index in [1.54, 1.807) is 20.2 Å². The number of H-pyrrole nitrogens is 2. The molecule has 3 aliphatic rings. The van der Waals surface area contributed by atoms with Crippen LogP contribution in [0.2, 0.25) is 0 Å². The Hall–Kier alpha value is -2.48. The van der Waals surface area contributed by atoms with E-state index in [4.69, 9.17) is 0 Å². The summed E-state index contributed by atoms with van der Waals surface area (Å²) in [7, 11) is 0. The van der Waals surface area contributed by atoms with E-state index in [0.29, 0.717) is 23.0 Å². The van der Waals surface area contributed by atoms with Crippen molar-refractivity contribution in [3.8, 4) is 0 Å². The van der Waals surface area contributed by atoms with E-state index >= 15 is 0 Å². The minimum Gasteiger partial charge on any atom is -0.348 e. The quantitative estimate of drug-likeness (QED) is 0.822. The number of aryl methyl sites for hydroxylation is 3. The van der Waals surface area contributed by atoms with Gasteiger partial charge in [-0.05, 0) is 39.5 Å². The first-order valence-electron chi connectivity index (χ1n) is 9.97. The van der Waals surface area contributed by atoms with Crippen molar-refractivity contribution in [3.63, 3.8) is 0 Å². The summed E-state index contributed by atoms with van der Waals surface area (Å²) in [5, 5.41) is 0. The van der Waals surface area contributed by atoms with E-state index in [9.17, 15) is 9.59 Å². The van der Waals surface area contributed by atoms with E-state index < -0.39 is 0 Å². The number of hydrogen-bond acceptors (Lipinski definition) is 5. The zero-order valence-electron chi connectivity index (χ0n) is 16.8. The lowest BCUT2D eigenvalue weighted by molar-refractivity contribution is -0.134. The highest BCUT2D eigenvalue weighted by molar-refractivity contribution is 5.79. The smallest absolute Gasteiger partial charge is 0.254 e. The Morgan fingerprint density at radius 3 is 2.75 bits per heavy atom. The molecule has 5 heterocycles. The normalized spacial score (nSPS) is 22.5. The van der Waals surface area contributed by atoms with Crippen molar-refractivity contribution in [1.29, 1.82) is 0 Å². The van der Waals surface area contributed by atoms with E-state index in [1.165, 1.54) is 0 Å². The number of fused-ring (bicyclic) bond motifs is 4. The molecule has 2 aromatic heterocycles. The Bertz CT molecular complexity index is 933. The molecule has 0 saturated carbocycles. The van der Waals surface area contributed by atoms with Gasteiger partial charge in [-0.25, -0.2) is 9.97 Å². The molecule has 0 spiro atoms. The molecule has 5 rings (SSSR count). The van der Waals surface area contributed by atoms with Gasteiger partial charge in [0.05, 0.1) is 18.4 Å². The Morgan fingerprint density at radius 1 is 1.21 bits per heavy atom. The second-order valence-corrected chi connectivity index (χ2v) is 8.20. The molecule has 2 N–H and O–H groups in total. The highest BCUT2D eigenvalue weighted by Gasteiger charge is 2.37. The molecule has 0 radical (unpaired) electrons. The van der Waals surface area contributed by atoms with Crippen LogP contribution in [0.1, 0.15) is 41.3 Å². The first-order chi connectivity index (χ1) is 13.4. The summed E-state index contributed by atoms with van der Waals surface area (Å²) in [6.07, 6.45) is 4.03. The molecule has 8 heteroatoms. The lowest BCUT2D eigenvalue weighted by Gasteiger charge is -2.36. The molecule has 150 valence electrons. The molecular formula is C20H28N6O2. The van der Waals surface area contributed by atoms with Gasteiger partial charge in [0, 0.05) is 49.2 Å². The van der Waals surface area contributed by atoms with Gasteiger partial charge in [0.15, 0.2) is 0 Å². The van der Waals surface area contributed by atoms with Gasteiger partial charge in [-0.15, -0.1) is 0 Å². The fourth-order valence-electron chi connectivity index (χ4n) is 4.58. The van der Waals surface area contributed by atoms with E-state index in [0.717, 1.165) is 50.4 Å². The lowest BCUT2D eigenvalue weighted by Crippen LogP contribution is -2.48. The predicted molar refractivity (Wildman–Crippen MR) is 105 cm³/mol. The molecule has 3 saturated heterocycles. The monoisotopic (exact) mass is 384 g/mol. The van der Waals surface area contributed by atoms with Crippen LogP contribution in [-0.4, -0.2) is 61.3 Å². The maximum Gasteiger partial charge on any atom is 0.254 e. The summed E-state index contributed by atoms with van der Waals surface area (Å²) < 4.78 is 0. The lowest BCUT2D eigenvalue weighted by atomic mass is 9.94. The van der Waals surface area contributed by atoms with Gasteiger partial charge in [0.1, 0.15) is 5.82 Å². The summed E-state index contributed by atoms with van der Waals surface area (Å²) in [4.78, 5) is 44.4. The zero-order valence-corrected chi connectivity index (χ0v) is 16.8. The maximum atomic E-state index is 13.1. The summed E-state index contributed by atoms with van der Waals surface area (Å²) in [5.74, 6) is 1.08. The standard InChI is InChI=1S/C20H28N6O2/c1-12-17(20(28)24-14(3)23-12)6-19(27)26-8-15-4-5-16(26)9-25(7-15)10-18-13(2)21-11-22-18/h11,15-16H,4-10H2,1-3H3,(H,21,22)(H,23,24,28)/t15-,16+/m1/s1. The fraction of sp³-hybridized carbons (Fsp3) is 0.600. The van der Waals surface area contributed by atoms with Crippen LogP contribution in [0.4, 0.5) is 0 Å². The number of amides is 1. The maximum absolute atomic E-state index is 13.1. The third kappa shape index (κ3) is 3.73. The Labute approximate surface area is 164 Å². The minimum absolute atomic E-state index is 0.0340. The Balaban J connectivity index is 1.48. The molecule has 0 aromatic carbocycles. The molecule has 2 bridgehead atoms. The van der Waals surface area contributed by atoms with Crippen LogP contribution < -0.4 is 5.56 Å². The molecule has 28 heavy (non-hydrogen) atoms. The fourth-order valence-corrected chi connectivity index (χ4v) is 4.58. The topological polar surface area (TPSA) is 98.0 Å². The number of hydrogen-bond donors (Lipinski definition) is 2. The average molecular weight is 384 g/mol. The van der Waals surface area contributed by atoms with Crippen molar-refractivity contribution in [2.75, 3.05) is 19.6 Å². The molecule has 1 amide bonds. The molecule has 8 nitrogen and oxygen atoms in total. The average Bonchev–Trinajstić information content (AvgIpc) is 2.85. The van der Waals surface area contributed by atoms with Gasteiger partial charge < -0.3 is 14.9 Å². The molecule has 2 atom stereocenters. The van der Waals surface area contributed by atoms with E-state index in [2.05, 4.69) is 24.8 Å². The van der Waals surface area contributed by atoms with Crippen molar-refractivity contribution in [2.24, 2.45) is 5.92 Å². The minimum atomic E-state index is -0.200. The van der Waals surface area contributed by atoms with Gasteiger partial charge in [-0.2, -0.15) is 0 Å². The van der Waals surface area contributed by atoms with Crippen LogP contribution >= 0.6 is 0 Å². The van der Waals surface area contributed by atoms with Crippen molar-refractivity contribution in [1.82, 2.24) is 29.7 Å². The highest BCUT2D eigenvalue weighted by Crippen LogP contribution is 2.29. The number of aromatic nitrogens is 4. The number of nitrogens with zero attached hydrogens (tertiary/aromatic N) is 4. The predicted octanol–water partition coefficient (Wildman–Crippen LogP) is 1.08. The first-order valence-corrected chi connectivity index (χ1v) is 9.97. The largest absolute Gasteiger partial charge is 0.348 e. The summed E-state index contributed by atoms with van der Waals surface area (Å²) in [6.45, 7) is 9.02. The molecule has 3 fully saturated rings. The van der Waals surface area contributed by atoms with E-state index in [-0.39, 0.29) is 23.9 Å². The second-order valence-electron chi connectivity index (χ2n) is 8.20. The van der Waals surface area contributed by atoms with Crippen molar-refractivity contribution >= 4 is 5.91 Å². The van der Waals surface area contributed by atoms with Gasteiger partial charge in [-0.1, -0.05) is 0 Å². The van der Waals surface area contributed by atoms with E-state index in [1.807, 2.05) is 11.8 Å². The van der Waals surface area contributed by atoms with Crippen LogP contribution in [0.25, 0.3) is 0 Å². The SMILES string of the molecule is Cc1nc(C)c(CC(=O)N2C[C@@H]3CC[C@H]2CN(Cc2nc[nH]c2C)C3)c(=O)[nH]1. The van der Waals surface area contributed by atoms with Crippen LogP contribution in [0.15, 0.2) is 11.1 Å². The number of rotatable bonds is 4. The van der Waals surface area contributed by atoms with Crippen LogP contribution in [0.5, 0.6) is 0 Å². The van der Waals surface area contributed by atoms with Gasteiger partial charge in [0.2, 0.25) is 5.91 Å². The molecule has 2 aromatic rings. The van der Waals surface area contributed by atoms with Crippen molar-refractivity contribution in [2.45, 2.75) is 52.6 Å². The van der Waals surface area contributed by atoms with Gasteiger partial charge in [0.25, 0.3) is 5.56 Å². The van der Waals surface area contributed by atoms with Gasteiger partial charge in [-0.3, -0.25) is 14.5 Å². The number of imidazole rings is 1. The van der Waals surface area contributed by atoms with Crippen LogP contribution in [-0.2, 0) is 17.8 Å². The van der Waals surface area contributed by atoms with Crippen LogP contribution in [0.3, 0.4) is 0 Å². The molecule has 0 unspecified atom stereocenters. The number of piperidine rings is 1. The third-order valence-corrected chi connectivity index (χ3v) is 6.09. The summed E-state index contributed by atoms with van der Waals surface area (Å²) in [5.41, 5.74) is 3.11. The third-order valence-electron chi connectivity index (χ3n) is 6.09. The summed E-state index contributed by atoms with van der Waals surface area (Å²) >= 11 is 0. The van der Waals surface area contributed by atoms with Gasteiger partial charge >= 0.3 is 0 Å². The number of nitrogens with one attached hydrogen (secondary N) is 2. The molecular weight excluding hydrogens is 356 g/mol. The van der Waals surface area contributed by atoms with Crippen LogP contribution in [0, 0.1) is 26.7 Å². The molecule has 0 aliphatic carbocycles. The zero-order chi connectivity index (χ0) is 19.8. The number of aromatic amines is 2. The molecule has 3 aliphatic heterocycles. The Morgan fingerprint density at radius 2 is 2.04 bits per heavy atom. The Kier molecular flexibility index (Phi) is 5.05. The first kappa shape index (κ1) is 18.9.